The molecule has 1 aromatic rings. The predicted octanol–water partition coefficient (Wildman–Crippen LogP) is 1.01. The lowest BCUT2D eigenvalue weighted by Gasteiger charge is -2.12. The molecule has 0 heterocycles. The minimum atomic E-state index is -1.29. The second-order valence-corrected chi connectivity index (χ2v) is 4.52. The van der Waals surface area contributed by atoms with Gasteiger partial charge >= 0.3 is 11.9 Å². The second-order valence-electron chi connectivity index (χ2n) is 4.08. The van der Waals surface area contributed by atoms with E-state index >= 15 is 0 Å². The van der Waals surface area contributed by atoms with Crippen LogP contribution in [0, 0.1) is 0 Å². The number of benzene rings is 1. The van der Waals surface area contributed by atoms with Crippen molar-refractivity contribution in [2.45, 2.75) is 12.5 Å². The van der Waals surface area contributed by atoms with Crippen LogP contribution in [-0.2, 0) is 14.3 Å². The first-order valence-corrected chi connectivity index (χ1v) is 6.38. The molecule has 3 N–H and O–H groups in total. The zero-order valence-electron chi connectivity index (χ0n) is 10.9. The van der Waals surface area contributed by atoms with Gasteiger partial charge in [-0.3, -0.25) is 4.79 Å². The Morgan fingerprint density at radius 2 is 1.81 bits per heavy atom. The average molecular weight is 316 g/mol. The highest BCUT2D eigenvalue weighted by atomic mass is 35.5. The molecular formula is C13H14ClNO6. The van der Waals surface area contributed by atoms with Gasteiger partial charge in [0.25, 0.3) is 5.91 Å². The third-order valence-corrected chi connectivity index (χ3v) is 2.73. The number of hydrogen-bond acceptors (Lipinski definition) is 4. The Bertz CT molecular complexity index is 516. The number of halogens is 1. The summed E-state index contributed by atoms with van der Waals surface area (Å²) in [5.41, 5.74) is 0.387. The summed E-state index contributed by atoms with van der Waals surface area (Å²) in [6.07, 6.45) is -1.33. The smallest absolute Gasteiger partial charge is 0.332 e. The summed E-state index contributed by atoms with van der Waals surface area (Å²) in [4.78, 5) is 32.9. The molecule has 0 aliphatic heterocycles. The highest BCUT2D eigenvalue weighted by molar-refractivity contribution is 6.30. The van der Waals surface area contributed by atoms with Gasteiger partial charge in [-0.2, -0.15) is 0 Å². The summed E-state index contributed by atoms with van der Waals surface area (Å²) >= 11 is 5.70. The minimum absolute atomic E-state index is 0.0397. The van der Waals surface area contributed by atoms with Crippen LogP contribution in [0.25, 0.3) is 0 Å². The molecule has 0 fully saturated rings. The number of aliphatic carboxylic acids is 2. The fourth-order valence-corrected chi connectivity index (χ4v) is 1.60. The molecule has 114 valence electrons. The molecule has 0 saturated carbocycles. The molecule has 1 amide bonds. The SMILES string of the molecule is O=C(O)COC(CCNC(=O)c1ccc(Cl)cc1)C(=O)O. The highest BCUT2D eigenvalue weighted by Gasteiger charge is 2.19. The number of carboxylic acid groups (broad SMARTS) is 2. The number of ether oxygens (including phenoxy) is 1. The maximum Gasteiger partial charge on any atom is 0.332 e. The van der Waals surface area contributed by atoms with Crippen molar-refractivity contribution in [2.75, 3.05) is 13.2 Å². The quantitative estimate of drug-likeness (QED) is 0.660. The van der Waals surface area contributed by atoms with Gasteiger partial charge in [-0.25, -0.2) is 9.59 Å². The van der Waals surface area contributed by atoms with E-state index in [9.17, 15) is 14.4 Å². The van der Waals surface area contributed by atoms with Gasteiger partial charge in [0.15, 0.2) is 6.10 Å². The van der Waals surface area contributed by atoms with Gasteiger partial charge in [-0.15, -0.1) is 0 Å². The molecule has 0 radical (unpaired) electrons. The van der Waals surface area contributed by atoms with Crippen molar-refractivity contribution in [3.8, 4) is 0 Å². The monoisotopic (exact) mass is 315 g/mol. The number of hydrogen-bond donors (Lipinski definition) is 3. The molecule has 0 bridgehead atoms. The van der Waals surface area contributed by atoms with Crippen LogP contribution in [0.3, 0.4) is 0 Å². The van der Waals surface area contributed by atoms with Crippen molar-refractivity contribution in [1.82, 2.24) is 5.32 Å². The number of rotatable bonds is 8. The van der Waals surface area contributed by atoms with Gasteiger partial charge in [0.2, 0.25) is 0 Å². The zero-order chi connectivity index (χ0) is 15.8. The fourth-order valence-electron chi connectivity index (χ4n) is 1.47. The van der Waals surface area contributed by atoms with Gasteiger partial charge in [-0.1, -0.05) is 11.6 Å². The van der Waals surface area contributed by atoms with Crippen LogP contribution < -0.4 is 5.32 Å². The molecule has 7 nitrogen and oxygen atoms in total. The fraction of sp³-hybridized carbons (Fsp3) is 0.308. The van der Waals surface area contributed by atoms with Crippen molar-refractivity contribution in [2.24, 2.45) is 0 Å². The number of amides is 1. The highest BCUT2D eigenvalue weighted by Crippen LogP contribution is 2.09. The Balaban J connectivity index is 2.42. The molecule has 1 unspecified atom stereocenters. The lowest BCUT2D eigenvalue weighted by molar-refractivity contribution is -0.156. The number of nitrogens with one attached hydrogen (secondary N) is 1. The first-order valence-electron chi connectivity index (χ1n) is 6.00. The van der Waals surface area contributed by atoms with E-state index in [4.69, 9.17) is 26.6 Å². The van der Waals surface area contributed by atoms with E-state index in [1.165, 1.54) is 12.1 Å². The van der Waals surface area contributed by atoms with Crippen LogP contribution in [0.1, 0.15) is 16.8 Å². The standard InChI is InChI=1S/C13H14ClNO6/c14-9-3-1-8(2-4-9)12(18)15-6-5-10(13(19)20)21-7-11(16)17/h1-4,10H,5-7H2,(H,15,18)(H,16,17)(H,19,20). The van der Waals surface area contributed by atoms with Crippen molar-refractivity contribution in [3.63, 3.8) is 0 Å². The largest absolute Gasteiger partial charge is 0.480 e. The van der Waals surface area contributed by atoms with Crippen LogP contribution in [0.2, 0.25) is 5.02 Å². The third kappa shape index (κ3) is 6.24. The lowest BCUT2D eigenvalue weighted by atomic mass is 10.2. The Hall–Kier alpha value is -2.12. The van der Waals surface area contributed by atoms with Crippen LogP contribution in [0.5, 0.6) is 0 Å². The average Bonchev–Trinajstić information content (AvgIpc) is 2.42. The zero-order valence-corrected chi connectivity index (χ0v) is 11.7. The summed E-state index contributed by atoms with van der Waals surface area (Å²) in [5.74, 6) is -2.92. The van der Waals surface area contributed by atoms with Crippen LogP contribution in [-0.4, -0.2) is 47.3 Å². The van der Waals surface area contributed by atoms with Gasteiger partial charge in [0.1, 0.15) is 6.61 Å². The second kappa shape index (κ2) is 8.23. The van der Waals surface area contributed by atoms with Crippen LogP contribution in [0.4, 0.5) is 0 Å². The summed E-state index contributed by atoms with van der Waals surface area (Å²) in [7, 11) is 0. The van der Waals surface area contributed by atoms with E-state index in [0.29, 0.717) is 10.6 Å². The topological polar surface area (TPSA) is 113 Å². The van der Waals surface area contributed by atoms with Crippen molar-refractivity contribution in [1.29, 1.82) is 0 Å². The summed E-state index contributed by atoms with van der Waals surface area (Å²) < 4.78 is 4.70. The Morgan fingerprint density at radius 3 is 2.33 bits per heavy atom. The number of carbonyl (C=O) groups excluding carboxylic acids is 1. The third-order valence-electron chi connectivity index (χ3n) is 2.48. The molecule has 1 aromatic carbocycles. The molecule has 1 atom stereocenters. The number of carboxylic acids is 2. The molecular weight excluding hydrogens is 302 g/mol. The number of carbonyl (C=O) groups is 3. The first-order chi connectivity index (χ1) is 9.90. The molecule has 0 aliphatic carbocycles. The Labute approximate surface area is 125 Å². The molecule has 0 aromatic heterocycles. The van der Waals surface area contributed by atoms with E-state index in [2.05, 4.69) is 5.32 Å². The van der Waals surface area contributed by atoms with E-state index < -0.39 is 24.6 Å². The maximum atomic E-state index is 11.7. The minimum Gasteiger partial charge on any atom is -0.480 e. The van der Waals surface area contributed by atoms with E-state index in [-0.39, 0.29) is 18.9 Å². The Kier molecular flexibility index (Phi) is 6.64. The molecule has 0 saturated heterocycles. The molecule has 21 heavy (non-hydrogen) atoms. The molecule has 8 heteroatoms. The van der Waals surface area contributed by atoms with Gasteiger partial charge in [0.05, 0.1) is 0 Å². The van der Waals surface area contributed by atoms with Crippen LogP contribution in [0.15, 0.2) is 24.3 Å². The summed E-state index contributed by atoms with van der Waals surface area (Å²) in [5, 5.41) is 20.3. The van der Waals surface area contributed by atoms with Gasteiger partial charge < -0.3 is 20.3 Å². The molecule has 1 rings (SSSR count). The summed E-state index contributed by atoms with van der Waals surface area (Å²) in [6, 6.07) is 6.19. The van der Waals surface area contributed by atoms with Gasteiger partial charge in [0, 0.05) is 23.6 Å². The van der Waals surface area contributed by atoms with Crippen LogP contribution >= 0.6 is 11.6 Å². The predicted molar refractivity (Wildman–Crippen MR) is 73.4 cm³/mol. The van der Waals surface area contributed by atoms with Crippen molar-refractivity contribution < 1.29 is 29.3 Å². The van der Waals surface area contributed by atoms with Gasteiger partial charge in [-0.05, 0) is 24.3 Å². The maximum absolute atomic E-state index is 11.7. The summed E-state index contributed by atoms with van der Waals surface area (Å²) in [6.45, 7) is -0.667. The van der Waals surface area contributed by atoms with E-state index in [1.807, 2.05) is 0 Å². The van der Waals surface area contributed by atoms with E-state index in [1.54, 1.807) is 12.1 Å². The van der Waals surface area contributed by atoms with E-state index in [0.717, 1.165) is 0 Å². The lowest BCUT2D eigenvalue weighted by Crippen LogP contribution is -2.32. The first kappa shape index (κ1) is 16.9. The Morgan fingerprint density at radius 1 is 1.19 bits per heavy atom. The molecule has 0 aliphatic rings. The molecule has 0 spiro atoms. The van der Waals surface area contributed by atoms with Crippen molar-refractivity contribution >= 4 is 29.4 Å². The van der Waals surface area contributed by atoms with Crippen molar-refractivity contribution in [3.05, 3.63) is 34.9 Å². The normalized spacial score (nSPS) is 11.7.